The third-order valence-electron chi connectivity index (χ3n) is 6.37. The van der Waals surface area contributed by atoms with Crippen LogP contribution in [-0.2, 0) is 15.3 Å². The second kappa shape index (κ2) is 12.0. The van der Waals surface area contributed by atoms with Gasteiger partial charge in [-0.2, -0.15) is 0 Å². The number of halogens is 1. The molecular formula is C29H24FN3O6S2. The van der Waals surface area contributed by atoms with Crippen LogP contribution in [-0.4, -0.2) is 48.3 Å². The first kappa shape index (κ1) is 28.1. The largest absolute Gasteiger partial charge is 0.507 e. The van der Waals surface area contributed by atoms with E-state index in [1.807, 2.05) is 0 Å². The number of ketones is 1. The van der Waals surface area contributed by atoms with E-state index in [2.05, 4.69) is 10.2 Å². The van der Waals surface area contributed by atoms with Gasteiger partial charge in [-0.25, -0.2) is 4.39 Å². The Labute approximate surface area is 243 Å². The lowest BCUT2D eigenvalue weighted by Crippen LogP contribution is -2.29. The Hall–Kier alpha value is -4.42. The number of methoxy groups -OCH3 is 3. The number of anilines is 1. The number of aromatic nitrogens is 2. The minimum atomic E-state index is -1.08. The molecule has 0 bridgehead atoms. The quantitative estimate of drug-likeness (QED) is 0.0869. The Morgan fingerprint density at radius 3 is 2.24 bits per heavy atom. The van der Waals surface area contributed by atoms with Crippen molar-refractivity contribution in [2.45, 2.75) is 16.1 Å². The molecular weight excluding hydrogens is 569 g/mol. The summed E-state index contributed by atoms with van der Waals surface area (Å²) in [6.07, 6.45) is 0. The fourth-order valence-electron chi connectivity index (χ4n) is 4.44. The smallest absolute Gasteiger partial charge is 0.301 e. The monoisotopic (exact) mass is 593 g/mol. The first-order chi connectivity index (χ1) is 19.9. The van der Waals surface area contributed by atoms with Crippen LogP contribution >= 0.6 is 23.1 Å². The summed E-state index contributed by atoms with van der Waals surface area (Å²) in [5.41, 5.74) is 1.56. The van der Waals surface area contributed by atoms with Gasteiger partial charge in [0, 0.05) is 11.3 Å². The summed E-state index contributed by atoms with van der Waals surface area (Å²) in [6, 6.07) is 16.8. The van der Waals surface area contributed by atoms with Crippen molar-refractivity contribution in [3.05, 3.63) is 94.8 Å². The van der Waals surface area contributed by atoms with Crippen LogP contribution in [0.4, 0.5) is 9.52 Å². The van der Waals surface area contributed by atoms with Gasteiger partial charge >= 0.3 is 5.91 Å². The molecule has 1 fully saturated rings. The topological polar surface area (TPSA) is 111 Å². The van der Waals surface area contributed by atoms with Gasteiger partial charge in [-0.3, -0.25) is 14.5 Å². The van der Waals surface area contributed by atoms with E-state index in [1.54, 1.807) is 54.6 Å². The number of Topliss-reactive ketones (excluding diaryl/α,β-unsaturated/α-hetero) is 1. The average Bonchev–Trinajstić information content (AvgIpc) is 3.57. The average molecular weight is 594 g/mol. The van der Waals surface area contributed by atoms with E-state index >= 15 is 0 Å². The number of nitrogens with zero attached hydrogens (tertiary/aromatic N) is 3. The lowest BCUT2D eigenvalue weighted by Gasteiger charge is -2.24. The van der Waals surface area contributed by atoms with Crippen LogP contribution in [0.5, 0.6) is 17.2 Å². The summed E-state index contributed by atoms with van der Waals surface area (Å²) in [7, 11) is 4.38. The molecule has 1 atom stereocenters. The first-order valence-corrected chi connectivity index (χ1v) is 14.0. The summed E-state index contributed by atoms with van der Waals surface area (Å²) in [6.45, 7) is 0. The van der Waals surface area contributed by atoms with Crippen molar-refractivity contribution in [1.82, 2.24) is 10.2 Å². The number of hydrogen-bond donors (Lipinski definition) is 1. The maximum absolute atomic E-state index is 13.5. The van der Waals surface area contributed by atoms with E-state index in [4.69, 9.17) is 14.2 Å². The number of hydrogen-bond acceptors (Lipinski definition) is 10. The third kappa shape index (κ3) is 5.48. The van der Waals surface area contributed by atoms with Crippen LogP contribution in [0, 0.1) is 5.82 Å². The molecule has 210 valence electrons. The van der Waals surface area contributed by atoms with Gasteiger partial charge < -0.3 is 19.3 Å². The minimum Gasteiger partial charge on any atom is -0.507 e. The lowest BCUT2D eigenvalue weighted by atomic mass is 9.95. The molecule has 0 aliphatic carbocycles. The summed E-state index contributed by atoms with van der Waals surface area (Å²) in [5, 5.41) is 19.9. The first-order valence-electron chi connectivity index (χ1n) is 12.2. The number of rotatable bonds is 9. The predicted octanol–water partition coefficient (Wildman–Crippen LogP) is 5.62. The van der Waals surface area contributed by atoms with Crippen LogP contribution < -0.4 is 19.1 Å². The third-order valence-corrected chi connectivity index (χ3v) is 8.50. The SMILES string of the molecule is COc1cc(C2/C(=C(/O)c3ccccc3)C(=O)C(=O)N2c2nnc(SCc3ccc(F)cc3)s2)cc(OC)c1OC. The molecule has 9 nitrogen and oxygen atoms in total. The Balaban J connectivity index is 1.61. The molecule has 4 aromatic rings. The Kier molecular flexibility index (Phi) is 8.22. The van der Waals surface area contributed by atoms with Crippen molar-refractivity contribution < 1.29 is 33.3 Å². The zero-order valence-corrected chi connectivity index (χ0v) is 23.8. The summed E-state index contributed by atoms with van der Waals surface area (Å²) in [4.78, 5) is 28.2. The number of aliphatic hydroxyl groups excluding tert-OH is 1. The summed E-state index contributed by atoms with van der Waals surface area (Å²) < 4.78 is 30.3. The van der Waals surface area contributed by atoms with Crippen molar-refractivity contribution in [2.75, 3.05) is 26.2 Å². The molecule has 0 spiro atoms. The number of ether oxygens (including phenoxy) is 3. The maximum Gasteiger partial charge on any atom is 0.301 e. The van der Waals surface area contributed by atoms with Crippen LogP contribution in [0.1, 0.15) is 22.7 Å². The number of carbonyl (C=O) groups is 2. The van der Waals surface area contributed by atoms with Gasteiger partial charge in [-0.05, 0) is 35.4 Å². The fourth-order valence-corrected chi connectivity index (χ4v) is 6.26. The second-order valence-electron chi connectivity index (χ2n) is 8.76. The highest BCUT2D eigenvalue weighted by Gasteiger charge is 2.49. The molecule has 1 unspecified atom stereocenters. The number of amides is 1. The molecule has 12 heteroatoms. The summed E-state index contributed by atoms with van der Waals surface area (Å²) in [5.74, 6) is -0.963. The van der Waals surface area contributed by atoms with E-state index in [9.17, 15) is 19.1 Å². The second-order valence-corrected chi connectivity index (χ2v) is 10.9. The molecule has 1 amide bonds. The van der Waals surface area contributed by atoms with Gasteiger partial charge in [0.1, 0.15) is 11.6 Å². The zero-order valence-electron chi connectivity index (χ0n) is 22.2. The molecule has 1 aliphatic rings. The summed E-state index contributed by atoms with van der Waals surface area (Å²) >= 11 is 2.48. The van der Waals surface area contributed by atoms with E-state index in [1.165, 1.54) is 50.1 Å². The van der Waals surface area contributed by atoms with Gasteiger partial charge in [-0.15, -0.1) is 10.2 Å². The zero-order chi connectivity index (χ0) is 29.1. The van der Waals surface area contributed by atoms with Crippen LogP contribution in [0.25, 0.3) is 5.76 Å². The van der Waals surface area contributed by atoms with Crippen LogP contribution in [0.3, 0.4) is 0 Å². The normalized spacial score (nSPS) is 16.2. The van der Waals surface area contributed by atoms with E-state index in [0.717, 1.165) is 16.9 Å². The number of aliphatic hydroxyl groups is 1. The highest BCUT2D eigenvalue weighted by atomic mass is 32.2. The molecule has 3 aromatic carbocycles. The molecule has 41 heavy (non-hydrogen) atoms. The maximum atomic E-state index is 13.5. The van der Waals surface area contributed by atoms with Crippen molar-refractivity contribution >= 4 is 45.7 Å². The molecule has 5 rings (SSSR count). The fraction of sp³-hybridized carbons (Fsp3) is 0.172. The van der Waals surface area contributed by atoms with Gasteiger partial charge in [0.25, 0.3) is 5.78 Å². The molecule has 2 heterocycles. The van der Waals surface area contributed by atoms with Crippen LogP contribution in [0.15, 0.2) is 76.6 Å². The van der Waals surface area contributed by atoms with E-state index in [0.29, 0.717) is 38.5 Å². The van der Waals surface area contributed by atoms with Crippen molar-refractivity contribution in [2.24, 2.45) is 0 Å². The molecule has 1 saturated heterocycles. The number of carbonyl (C=O) groups excluding carboxylic acids is 2. The van der Waals surface area contributed by atoms with Crippen molar-refractivity contribution in [3.8, 4) is 17.2 Å². The molecule has 1 aliphatic heterocycles. The van der Waals surface area contributed by atoms with E-state index in [-0.39, 0.29) is 22.3 Å². The van der Waals surface area contributed by atoms with Gasteiger partial charge in [0.2, 0.25) is 10.9 Å². The van der Waals surface area contributed by atoms with Crippen LogP contribution in [0.2, 0.25) is 0 Å². The Morgan fingerprint density at radius 1 is 0.976 bits per heavy atom. The Morgan fingerprint density at radius 2 is 1.63 bits per heavy atom. The molecule has 1 N–H and O–H groups in total. The lowest BCUT2D eigenvalue weighted by molar-refractivity contribution is -0.132. The standard InChI is InChI=1S/C29H24FN3O6S2/c1-37-20-13-18(14-21(38-2)26(20)39-3)23-22(24(34)17-7-5-4-6-8-17)25(35)27(36)33(23)28-31-32-29(41-28)40-15-16-9-11-19(30)12-10-16/h4-14,23,34H,15H2,1-3H3/b24-22-. The van der Waals surface area contributed by atoms with Gasteiger partial charge in [0.05, 0.1) is 32.9 Å². The Bertz CT molecular complexity index is 1600. The van der Waals surface area contributed by atoms with E-state index < -0.39 is 17.7 Å². The van der Waals surface area contributed by atoms with Crippen molar-refractivity contribution in [1.29, 1.82) is 0 Å². The number of thioether (sulfide) groups is 1. The molecule has 0 radical (unpaired) electrons. The highest BCUT2D eigenvalue weighted by molar-refractivity contribution is 8.00. The predicted molar refractivity (Wildman–Crippen MR) is 153 cm³/mol. The highest BCUT2D eigenvalue weighted by Crippen LogP contribution is 2.48. The molecule has 0 saturated carbocycles. The van der Waals surface area contributed by atoms with Crippen molar-refractivity contribution in [3.63, 3.8) is 0 Å². The van der Waals surface area contributed by atoms with Gasteiger partial charge in [0.15, 0.2) is 15.8 Å². The minimum absolute atomic E-state index is 0.119. The molecule has 1 aromatic heterocycles. The number of benzene rings is 3. The van der Waals surface area contributed by atoms with Gasteiger partial charge in [-0.1, -0.05) is 65.6 Å².